The summed E-state index contributed by atoms with van der Waals surface area (Å²) in [5.74, 6) is -1.05. The van der Waals surface area contributed by atoms with Gasteiger partial charge in [0, 0.05) is 19.2 Å². The van der Waals surface area contributed by atoms with Gasteiger partial charge < -0.3 is 14.4 Å². The Kier molecular flexibility index (Phi) is 6.62. The average Bonchev–Trinajstić information content (AvgIpc) is 2.67. The topological polar surface area (TPSA) is 84.9 Å². The molecular formula is C21H25FN2O5S. The lowest BCUT2D eigenvalue weighted by Gasteiger charge is -2.37. The molecule has 1 fully saturated rings. The van der Waals surface area contributed by atoms with Crippen LogP contribution in [0.5, 0.6) is 0 Å². The van der Waals surface area contributed by atoms with Crippen LogP contribution >= 0.6 is 0 Å². The van der Waals surface area contributed by atoms with Crippen LogP contribution in [0.3, 0.4) is 0 Å². The van der Waals surface area contributed by atoms with Crippen molar-refractivity contribution in [3.63, 3.8) is 0 Å². The van der Waals surface area contributed by atoms with Crippen molar-refractivity contribution in [2.24, 2.45) is 0 Å². The third kappa shape index (κ3) is 5.09. The molecule has 3 rings (SSSR count). The highest BCUT2D eigenvalue weighted by Gasteiger charge is 2.25. The van der Waals surface area contributed by atoms with Crippen LogP contribution in [-0.2, 0) is 19.5 Å². The molecule has 30 heavy (non-hydrogen) atoms. The number of morpholine rings is 1. The molecule has 1 heterocycles. The van der Waals surface area contributed by atoms with Crippen LogP contribution in [0.15, 0.2) is 47.4 Å². The summed E-state index contributed by atoms with van der Waals surface area (Å²) in [6, 6.07) is 9.58. The molecule has 9 heteroatoms. The molecule has 0 aliphatic carbocycles. The normalized spacial score (nSPS) is 19.4. The van der Waals surface area contributed by atoms with E-state index in [1.54, 1.807) is 13.0 Å². The van der Waals surface area contributed by atoms with Crippen LogP contribution in [0.4, 0.5) is 15.8 Å². The van der Waals surface area contributed by atoms with Gasteiger partial charge in [-0.15, -0.1) is 0 Å². The van der Waals surface area contributed by atoms with Gasteiger partial charge in [-0.2, -0.15) is 0 Å². The fourth-order valence-electron chi connectivity index (χ4n) is 3.40. The van der Waals surface area contributed by atoms with Crippen LogP contribution in [0.25, 0.3) is 0 Å². The van der Waals surface area contributed by atoms with Crippen LogP contribution in [0.1, 0.15) is 31.1 Å². The number of sulfonamides is 1. The van der Waals surface area contributed by atoms with Gasteiger partial charge in [0.15, 0.2) is 0 Å². The molecule has 1 saturated heterocycles. The van der Waals surface area contributed by atoms with E-state index >= 15 is 0 Å². The van der Waals surface area contributed by atoms with Crippen molar-refractivity contribution in [2.45, 2.75) is 37.9 Å². The average molecular weight is 437 g/mol. The zero-order valence-corrected chi connectivity index (χ0v) is 17.9. The molecule has 162 valence electrons. The van der Waals surface area contributed by atoms with Gasteiger partial charge in [0.1, 0.15) is 5.82 Å². The Labute approximate surface area is 175 Å². The number of carbonyl (C=O) groups excluding carboxylic acids is 1. The number of esters is 1. The fraction of sp³-hybridized carbons (Fsp3) is 0.381. The first-order chi connectivity index (χ1) is 14.2. The second-order valence-electron chi connectivity index (χ2n) is 7.18. The molecule has 7 nitrogen and oxygen atoms in total. The van der Waals surface area contributed by atoms with Gasteiger partial charge in [0.25, 0.3) is 10.0 Å². The molecule has 0 spiro atoms. The monoisotopic (exact) mass is 436 g/mol. The molecule has 1 aliphatic heterocycles. The van der Waals surface area contributed by atoms with E-state index in [4.69, 9.17) is 9.47 Å². The van der Waals surface area contributed by atoms with Crippen LogP contribution in [0.2, 0.25) is 0 Å². The minimum atomic E-state index is -3.94. The van der Waals surface area contributed by atoms with Crippen molar-refractivity contribution < 1.29 is 27.1 Å². The van der Waals surface area contributed by atoms with Crippen molar-refractivity contribution in [1.29, 1.82) is 0 Å². The molecule has 1 aliphatic rings. The molecular weight excluding hydrogens is 411 g/mol. The third-order valence-electron chi connectivity index (χ3n) is 4.64. The number of nitrogens with zero attached hydrogens (tertiary/aromatic N) is 1. The van der Waals surface area contributed by atoms with Gasteiger partial charge in [-0.25, -0.2) is 17.6 Å². The highest BCUT2D eigenvalue weighted by Crippen LogP contribution is 2.27. The summed E-state index contributed by atoms with van der Waals surface area (Å²) in [6.07, 6.45) is -0.0483. The zero-order valence-electron chi connectivity index (χ0n) is 17.1. The Morgan fingerprint density at radius 3 is 2.37 bits per heavy atom. The number of anilines is 2. The number of hydrogen-bond donors (Lipinski definition) is 1. The molecule has 0 bridgehead atoms. The SMILES string of the molecule is CCOC(=O)c1ccc(S(=O)(=O)Nc2ccc(N3C[C@@H](C)O[C@H](C)C3)c(F)c2)cc1. The molecule has 0 aromatic heterocycles. The Balaban J connectivity index is 1.75. The summed E-state index contributed by atoms with van der Waals surface area (Å²) in [4.78, 5) is 13.5. The molecule has 0 unspecified atom stereocenters. The van der Waals surface area contributed by atoms with E-state index in [-0.39, 0.29) is 35.0 Å². The first-order valence-corrected chi connectivity index (χ1v) is 11.2. The highest BCUT2D eigenvalue weighted by atomic mass is 32.2. The quantitative estimate of drug-likeness (QED) is 0.699. The van der Waals surface area contributed by atoms with Gasteiger partial charge in [-0.3, -0.25) is 4.72 Å². The van der Waals surface area contributed by atoms with Crippen LogP contribution in [0, 0.1) is 5.82 Å². The second-order valence-corrected chi connectivity index (χ2v) is 8.86. The maximum atomic E-state index is 14.7. The van der Waals surface area contributed by atoms with Crippen LogP contribution in [-0.4, -0.2) is 46.3 Å². The summed E-state index contributed by atoms with van der Waals surface area (Å²) in [5.41, 5.74) is 0.763. The van der Waals surface area contributed by atoms with Gasteiger partial charge in [0.2, 0.25) is 0 Å². The number of benzene rings is 2. The molecule has 0 amide bonds. The van der Waals surface area contributed by atoms with Crippen molar-refractivity contribution in [2.75, 3.05) is 29.3 Å². The van der Waals surface area contributed by atoms with Crippen molar-refractivity contribution in [3.8, 4) is 0 Å². The van der Waals surface area contributed by atoms with E-state index in [2.05, 4.69) is 4.72 Å². The van der Waals surface area contributed by atoms with E-state index in [1.807, 2.05) is 18.7 Å². The summed E-state index contributed by atoms with van der Waals surface area (Å²) in [7, 11) is -3.94. The lowest BCUT2D eigenvalue weighted by molar-refractivity contribution is -0.00539. The second kappa shape index (κ2) is 9.01. The maximum Gasteiger partial charge on any atom is 0.338 e. The van der Waals surface area contributed by atoms with Crippen molar-refractivity contribution in [3.05, 3.63) is 53.8 Å². The molecule has 1 N–H and O–H groups in total. The minimum Gasteiger partial charge on any atom is -0.462 e. The Bertz CT molecular complexity index is 1000. The highest BCUT2D eigenvalue weighted by molar-refractivity contribution is 7.92. The van der Waals surface area contributed by atoms with E-state index in [0.717, 1.165) is 6.07 Å². The smallest absolute Gasteiger partial charge is 0.338 e. The van der Waals surface area contributed by atoms with E-state index in [1.165, 1.54) is 30.3 Å². The molecule has 2 aromatic rings. The summed E-state index contributed by atoms with van der Waals surface area (Å²) < 4.78 is 52.9. The third-order valence-corrected chi connectivity index (χ3v) is 6.03. The Morgan fingerprint density at radius 2 is 1.80 bits per heavy atom. The number of ether oxygens (including phenoxy) is 2. The lowest BCUT2D eigenvalue weighted by Crippen LogP contribution is -2.45. The first-order valence-electron chi connectivity index (χ1n) is 9.69. The predicted octanol–water partition coefficient (Wildman–Crippen LogP) is 3.42. The molecule has 2 aromatic carbocycles. The van der Waals surface area contributed by atoms with Gasteiger partial charge >= 0.3 is 5.97 Å². The van der Waals surface area contributed by atoms with Crippen molar-refractivity contribution >= 4 is 27.4 Å². The summed E-state index contributed by atoms with van der Waals surface area (Å²) in [6.45, 7) is 6.88. The maximum absolute atomic E-state index is 14.7. The Morgan fingerprint density at radius 1 is 1.17 bits per heavy atom. The number of rotatable bonds is 6. The minimum absolute atomic E-state index is 0.0242. The van der Waals surface area contributed by atoms with E-state index in [9.17, 15) is 17.6 Å². The van der Waals surface area contributed by atoms with E-state index in [0.29, 0.717) is 18.8 Å². The summed E-state index contributed by atoms with van der Waals surface area (Å²) >= 11 is 0. The van der Waals surface area contributed by atoms with Crippen LogP contribution < -0.4 is 9.62 Å². The Hall–Kier alpha value is -2.65. The van der Waals surface area contributed by atoms with Gasteiger partial charge in [0.05, 0.1) is 40.6 Å². The fourth-order valence-corrected chi connectivity index (χ4v) is 4.45. The molecule has 0 saturated carbocycles. The number of halogens is 1. The first kappa shape index (κ1) is 22.0. The number of hydrogen-bond acceptors (Lipinski definition) is 6. The molecule has 0 radical (unpaired) electrons. The predicted molar refractivity (Wildman–Crippen MR) is 112 cm³/mol. The van der Waals surface area contributed by atoms with Gasteiger partial charge in [-0.1, -0.05) is 0 Å². The number of carbonyl (C=O) groups is 1. The van der Waals surface area contributed by atoms with E-state index < -0.39 is 21.8 Å². The largest absolute Gasteiger partial charge is 0.462 e. The molecule has 2 atom stereocenters. The summed E-state index contributed by atoms with van der Waals surface area (Å²) in [5, 5.41) is 0. The zero-order chi connectivity index (χ0) is 21.9. The van der Waals surface area contributed by atoms with Gasteiger partial charge in [-0.05, 0) is 57.2 Å². The number of nitrogens with one attached hydrogen (secondary N) is 1. The lowest BCUT2D eigenvalue weighted by atomic mass is 10.2. The standard InChI is InChI=1S/C21H25FN2O5S/c1-4-28-21(25)16-5-8-18(9-6-16)30(26,27)23-17-7-10-20(19(22)11-17)24-12-14(2)29-15(3)13-24/h5-11,14-15,23H,4,12-13H2,1-3H3/t14-,15-/m1/s1. The van der Waals surface area contributed by atoms with Crippen molar-refractivity contribution in [1.82, 2.24) is 0 Å².